The summed E-state index contributed by atoms with van der Waals surface area (Å²) >= 11 is 0. The molecule has 1 aromatic carbocycles. The van der Waals surface area contributed by atoms with E-state index in [0.717, 1.165) is 25.3 Å². The van der Waals surface area contributed by atoms with E-state index < -0.39 is 0 Å². The molecule has 6 nitrogen and oxygen atoms in total. The molecule has 2 atom stereocenters. The van der Waals surface area contributed by atoms with Crippen LogP contribution in [0, 0.1) is 0 Å². The number of nitrogens with zero attached hydrogens (tertiary/aromatic N) is 2. The summed E-state index contributed by atoms with van der Waals surface area (Å²) in [5, 5.41) is 2.82. The van der Waals surface area contributed by atoms with Crippen LogP contribution in [0.4, 0.5) is 11.5 Å². The first-order valence-corrected chi connectivity index (χ1v) is 9.41. The molecule has 2 aromatic rings. The number of hydrogen-bond acceptors (Lipinski definition) is 5. The lowest BCUT2D eigenvalue weighted by Gasteiger charge is -2.36. The lowest BCUT2D eigenvalue weighted by atomic mass is 10.2. The summed E-state index contributed by atoms with van der Waals surface area (Å²) in [5.74, 6) is 1.39. The van der Waals surface area contributed by atoms with Gasteiger partial charge < -0.3 is 19.7 Å². The number of pyridine rings is 1. The Morgan fingerprint density at radius 1 is 1.26 bits per heavy atom. The maximum Gasteiger partial charge on any atom is 0.262 e. The summed E-state index contributed by atoms with van der Waals surface area (Å²) in [5.41, 5.74) is 1.84. The highest BCUT2D eigenvalue weighted by Gasteiger charge is 2.23. The molecule has 1 amide bonds. The predicted octanol–water partition coefficient (Wildman–Crippen LogP) is 3.28. The number of nitrogens with one attached hydrogen (secondary N) is 1. The largest absolute Gasteiger partial charge is 0.484 e. The third-order valence-electron chi connectivity index (χ3n) is 4.45. The molecule has 1 aliphatic heterocycles. The van der Waals surface area contributed by atoms with E-state index in [9.17, 15) is 4.79 Å². The van der Waals surface area contributed by atoms with Gasteiger partial charge in [-0.25, -0.2) is 4.98 Å². The first kappa shape index (κ1) is 19.2. The number of morpholine rings is 1. The third-order valence-corrected chi connectivity index (χ3v) is 4.45. The number of ether oxygens (including phenoxy) is 2. The number of carbonyl (C=O) groups is 1. The van der Waals surface area contributed by atoms with Gasteiger partial charge in [0.2, 0.25) is 0 Å². The van der Waals surface area contributed by atoms with Crippen molar-refractivity contribution in [1.82, 2.24) is 4.98 Å². The van der Waals surface area contributed by atoms with Crippen molar-refractivity contribution in [1.29, 1.82) is 0 Å². The van der Waals surface area contributed by atoms with E-state index in [1.54, 1.807) is 6.20 Å². The van der Waals surface area contributed by atoms with Gasteiger partial charge in [-0.15, -0.1) is 0 Å². The maximum absolute atomic E-state index is 12.1. The highest BCUT2D eigenvalue weighted by molar-refractivity contribution is 5.91. The average molecular weight is 369 g/mol. The van der Waals surface area contributed by atoms with E-state index in [1.165, 1.54) is 5.56 Å². The summed E-state index contributed by atoms with van der Waals surface area (Å²) in [7, 11) is 0. The van der Waals surface area contributed by atoms with E-state index in [1.807, 2.05) is 36.4 Å². The molecule has 0 spiro atoms. The molecule has 1 saturated heterocycles. The van der Waals surface area contributed by atoms with Crippen LogP contribution in [0.5, 0.6) is 5.75 Å². The van der Waals surface area contributed by atoms with Gasteiger partial charge in [-0.3, -0.25) is 4.79 Å². The third kappa shape index (κ3) is 5.44. The molecule has 3 rings (SSSR count). The van der Waals surface area contributed by atoms with E-state index in [-0.39, 0.29) is 24.7 Å². The van der Waals surface area contributed by atoms with E-state index in [0.29, 0.717) is 11.4 Å². The minimum absolute atomic E-state index is 0.0343. The fourth-order valence-corrected chi connectivity index (χ4v) is 3.21. The molecule has 6 heteroatoms. The molecule has 1 aromatic heterocycles. The lowest BCUT2D eigenvalue weighted by molar-refractivity contribution is -0.118. The highest BCUT2D eigenvalue weighted by atomic mass is 16.5. The number of hydrogen-bond donors (Lipinski definition) is 1. The first-order chi connectivity index (χ1) is 13.0. The molecular formula is C21H27N3O3. The number of rotatable bonds is 6. The van der Waals surface area contributed by atoms with Crippen molar-refractivity contribution in [3.63, 3.8) is 0 Å². The average Bonchev–Trinajstić information content (AvgIpc) is 2.66. The Morgan fingerprint density at radius 3 is 2.70 bits per heavy atom. The Bertz CT molecular complexity index is 754. The minimum Gasteiger partial charge on any atom is -0.484 e. The maximum atomic E-state index is 12.1. The molecule has 1 N–H and O–H groups in total. The summed E-state index contributed by atoms with van der Waals surface area (Å²) in [6, 6.07) is 11.6. The first-order valence-electron chi connectivity index (χ1n) is 9.41. The highest BCUT2D eigenvalue weighted by Crippen LogP contribution is 2.20. The minimum atomic E-state index is -0.208. The number of aromatic nitrogens is 1. The molecule has 1 fully saturated rings. The number of anilines is 2. The van der Waals surface area contributed by atoms with E-state index in [2.05, 4.69) is 36.0 Å². The van der Waals surface area contributed by atoms with Gasteiger partial charge in [0.25, 0.3) is 5.91 Å². The molecule has 2 heterocycles. The number of carbonyl (C=O) groups excluding carboxylic acids is 1. The van der Waals surface area contributed by atoms with Crippen LogP contribution >= 0.6 is 0 Å². The molecule has 27 heavy (non-hydrogen) atoms. The lowest BCUT2D eigenvalue weighted by Crippen LogP contribution is -2.45. The summed E-state index contributed by atoms with van der Waals surface area (Å²) in [6.45, 7) is 7.80. The van der Waals surface area contributed by atoms with Gasteiger partial charge >= 0.3 is 0 Å². The van der Waals surface area contributed by atoms with E-state index in [4.69, 9.17) is 9.47 Å². The van der Waals surface area contributed by atoms with Crippen molar-refractivity contribution in [3.8, 4) is 5.75 Å². The Labute approximate surface area is 160 Å². The summed E-state index contributed by atoms with van der Waals surface area (Å²) in [4.78, 5) is 18.8. The molecular weight excluding hydrogens is 342 g/mol. The van der Waals surface area contributed by atoms with Crippen LogP contribution in [0.15, 0.2) is 42.6 Å². The second-order valence-electron chi connectivity index (χ2n) is 6.91. The molecule has 1 aliphatic rings. The Balaban J connectivity index is 1.52. The Morgan fingerprint density at radius 2 is 2.04 bits per heavy atom. The second kappa shape index (κ2) is 8.86. The van der Waals surface area contributed by atoms with Crippen LogP contribution in [-0.4, -0.2) is 42.8 Å². The summed E-state index contributed by atoms with van der Waals surface area (Å²) in [6.07, 6.45) is 2.97. The van der Waals surface area contributed by atoms with Crippen LogP contribution in [0.3, 0.4) is 0 Å². The fourth-order valence-electron chi connectivity index (χ4n) is 3.21. The van der Waals surface area contributed by atoms with Crippen LogP contribution < -0.4 is 15.0 Å². The number of amides is 1. The van der Waals surface area contributed by atoms with Crippen LogP contribution in [0.1, 0.15) is 26.3 Å². The molecule has 0 aliphatic carbocycles. The SMILES string of the molecule is CCc1cccc(OCC(=O)Nc2ccc(N3C[C@@H](C)O[C@@H](C)C3)nc2)c1. The van der Waals surface area contributed by atoms with Gasteiger partial charge in [-0.1, -0.05) is 19.1 Å². The van der Waals surface area contributed by atoms with Gasteiger partial charge in [0.1, 0.15) is 11.6 Å². The van der Waals surface area contributed by atoms with Crippen LogP contribution in [-0.2, 0) is 16.0 Å². The normalized spacial score (nSPS) is 19.6. The molecule has 0 bridgehead atoms. The standard InChI is InChI=1S/C21H27N3O3/c1-4-17-6-5-7-19(10-17)26-14-21(25)23-18-8-9-20(22-11-18)24-12-15(2)27-16(3)13-24/h5-11,15-16H,4,12-14H2,1-3H3,(H,23,25)/t15-,16+. The molecule has 144 valence electrons. The van der Waals surface area contributed by atoms with Crippen LogP contribution in [0.2, 0.25) is 0 Å². The Kier molecular flexibility index (Phi) is 6.29. The van der Waals surface area contributed by atoms with Crippen molar-refractivity contribution < 1.29 is 14.3 Å². The zero-order valence-electron chi connectivity index (χ0n) is 16.1. The Hall–Kier alpha value is -2.60. The number of aryl methyl sites for hydroxylation is 1. The van der Waals surface area contributed by atoms with Crippen molar-refractivity contribution >= 4 is 17.4 Å². The molecule has 0 saturated carbocycles. The molecule has 0 unspecified atom stereocenters. The zero-order valence-corrected chi connectivity index (χ0v) is 16.1. The van der Waals surface area contributed by atoms with Gasteiger partial charge in [-0.2, -0.15) is 0 Å². The summed E-state index contributed by atoms with van der Waals surface area (Å²) < 4.78 is 11.3. The smallest absolute Gasteiger partial charge is 0.262 e. The van der Waals surface area contributed by atoms with Crippen molar-refractivity contribution in [2.45, 2.75) is 39.4 Å². The van der Waals surface area contributed by atoms with Crippen LogP contribution in [0.25, 0.3) is 0 Å². The van der Waals surface area contributed by atoms with Gasteiger partial charge in [0.05, 0.1) is 24.1 Å². The van der Waals surface area contributed by atoms with Gasteiger partial charge in [-0.05, 0) is 50.1 Å². The van der Waals surface area contributed by atoms with Crippen molar-refractivity contribution in [3.05, 3.63) is 48.2 Å². The topological polar surface area (TPSA) is 63.7 Å². The molecule has 0 radical (unpaired) electrons. The number of benzene rings is 1. The van der Waals surface area contributed by atoms with Gasteiger partial charge in [0, 0.05) is 13.1 Å². The fraction of sp³-hybridized carbons (Fsp3) is 0.429. The second-order valence-corrected chi connectivity index (χ2v) is 6.91. The zero-order chi connectivity index (χ0) is 19.2. The predicted molar refractivity (Wildman–Crippen MR) is 106 cm³/mol. The van der Waals surface area contributed by atoms with Crippen molar-refractivity contribution in [2.75, 3.05) is 29.9 Å². The monoisotopic (exact) mass is 369 g/mol. The van der Waals surface area contributed by atoms with Crippen molar-refractivity contribution in [2.24, 2.45) is 0 Å². The quantitative estimate of drug-likeness (QED) is 0.847. The van der Waals surface area contributed by atoms with E-state index >= 15 is 0 Å². The van der Waals surface area contributed by atoms with Gasteiger partial charge in [0.15, 0.2) is 6.61 Å².